The summed E-state index contributed by atoms with van der Waals surface area (Å²) in [6, 6.07) is 0. The van der Waals surface area contributed by atoms with Crippen LogP contribution in [0.5, 0.6) is 0 Å². The molecule has 2 atom stereocenters. The Balaban J connectivity index is 2.55. The van der Waals surface area contributed by atoms with Crippen molar-refractivity contribution in [1.29, 1.82) is 0 Å². The molecule has 0 aromatic heterocycles. The summed E-state index contributed by atoms with van der Waals surface area (Å²) in [5, 5.41) is 0.943. The highest BCUT2D eigenvalue weighted by molar-refractivity contribution is 8.17. The van der Waals surface area contributed by atoms with Crippen LogP contribution >= 0.6 is 47.0 Å². The minimum absolute atomic E-state index is 0.193. The third kappa shape index (κ3) is 12.5. The topological polar surface area (TPSA) is 68.3 Å². The molecule has 0 aliphatic carbocycles. The van der Waals surface area contributed by atoms with Crippen molar-refractivity contribution in [2.75, 3.05) is 23.0 Å². The van der Waals surface area contributed by atoms with Gasteiger partial charge in [-0.3, -0.25) is 9.59 Å². The maximum atomic E-state index is 12.1. The molecule has 8 heteroatoms. The third-order valence-electron chi connectivity index (χ3n) is 3.88. The molecule has 148 valence electrons. The summed E-state index contributed by atoms with van der Waals surface area (Å²) in [5.74, 6) is 3.23. The molecule has 0 radical (unpaired) electrons. The van der Waals surface area contributed by atoms with Gasteiger partial charge >= 0.3 is 0 Å². The lowest BCUT2D eigenvalue weighted by molar-refractivity contribution is -0.111. The summed E-state index contributed by atoms with van der Waals surface area (Å²) in [7, 11) is 0. The molecule has 0 N–H and O–H groups in total. The van der Waals surface area contributed by atoms with E-state index in [0.29, 0.717) is 37.2 Å². The van der Waals surface area contributed by atoms with Gasteiger partial charge in [-0.2, -0.15) is 23.5 Å². The first-order valence-electron chi connectivity index (χ1n) is 9.07. The van der Waals surface area contributed by atoms with Crippen LogP contribution in [0.1, 0.15) is 51.4 Å². The minimum Gasteiger partial charge on any atom is -0.303 e. The fraction of sp³-hybridized carbons (Fsp3) is 0.778. The maximum Gasteiger partial charge on any atom is 0.190 e. The lowest BCUT2D eigenvalue weighted by Crippen LogP contribution is -2.14. The number of hydrogen-bond donors (Lipinski definition) is 0. The number of carbonyl (C=O) groups excluding carboxylic acids is 4. The Morgan fingerprint density at radius 3 is 1.54 bits per heavy atom. The zero-order valence-corrected chi connectivity index (χ0v) is 18.3. The molecule has 4 nitrogen and oxygen atoms in total. The van der Waals surface area contributed by atoms with E-state index in [1.807, 2.05) is 23.5 Å². The molecule has 1 aliphatic rings. The van der Waals surface area contributed by atoms with E-state index in [4.69, 9.17) is 0 Å². The molecule has 1 fully saturated rings. The summed E-state index contributed by atoms with van der Waals surface area (Å²) < 4.78 is 0. The van der Waals surface area contributed by atoms with E-state index in [-0.39, 0.29) is 20.7 Å². The Hall–Kier alpha value is 0.0800. The number of hydrogen-bond acceptors (Lipinski definition) is 8. The van der Waals surface area contributed by atoms with Crippen molar-refractivity contribution in [3.8, 4) is 0 Å². The number of aldehydes is 2. The molecule has 26 heavy (non-hydrogen) atoms. The van der Waals surface area contributed by atoms with Crippen LogP contribution in [0, 0.1) is 0 Å². The molecule has 0 spiro atoms. The second-order valence-corrected chi connectivity index (χ2v) is 11.2. The standard InChI is InChI=1S/C18H28O4S4/c19-7-3-1-5-15-13-17(21)25-11-12-26-18(22)14-16(6-2-4-8-20)24-10-9-23-15/h7-8,15-16H,1-6,9-14H2. The lowest BCUT2D eigenvalue weighted by Gasteiger charge is -2.18. The van der Waals surface area contributed by atoms with E-state index < -0.39 is 0 Å². The summed E-state index contributed by atoms with van der Waals surface area (Å²) in [6.07, 6.45) is 7.56. The van der Waals surface area contributed by atoms with Gasteiger partial charge < -0.3 is 9.59 Å². The fourth-order valence-corrected chi connectivity index (χ4v) is 7.19. The highest BCUT2D eigenvalue weighted by Crippen LogP contribution is 2.29. The SMILES string of the molecule is O=CCCCC1CC(=O)SCCSC(=O)CC(CCCC=O)SCCS1. The fourth-order valence-electron chi connectivity index (χ4n) is 2.58. The smallest absolute Gasteiger partial charge is 0.190 e. The molecule has 1 saturated heterocycles. The molecule has 1 heterocycles. The Bertz CT molecular complexity index is 405. The van der Waals surface area contributed by atoms with Gasteiger partial charge in [-0.15, -0.1) is 0 Å². The van der Waals surface area contributed by atoms with Crippen molar-refractivity contribution in [3.63, 3.8) is 0 Å². The molecule has 1 rings (SSSR count). The number of thioether (sulfide) groups is 4. The number of unbranched alkanes of at least 4 members (excludes halogenated alkanes) is 2. The van der Waals surface area contributed by atoms with Crippen LogP contribution in [-0.4, -0.2) is 56.3 Å². The Morgan fingerprint density at radius 1 is 0.731 bits per heavy atom. The Kier molecular flexibility index (Phi) is 14.9. The van der Waals surface area contributed by atoms with E-state index in [9.17, 15) is 19.2 Å². The van der Waals surface area contributed by atoms with Crippen LogP contribution in [0.15, 0.2) is 0 Å². The van der Waals surface area contributed by atoms with Crippen molar-refractivity contribution in [3.05, 3.63) is 0 Å². The Morgan fingerprint density at radius 2 is 1.15 bits per heavy atom. The van der Waals surface area contributed by atoms with Gasteiger partial charge in [0, 0.05) is 59.2 Å². The van der Waals surface area contributed by atoms with Gasteiger partial charge in [0.25, 0.3) is 0 Å². The van der Waals surface area contributed by atoms with Crippen molar-refractivity contribution in [2.45, 2.75) is 61.9 Å². The predicted molar refractivity (Wildman–Crippen MR) is 116 cm³/mol. The quantitative estimate of drug-likeness (QED) is 0.413. The van der Waals surface area contributed by atoms with Crippen LogP contribution in [-0.2, 0) is 19.2 Å². The molecular formula is C18H28O4S4. The van der Waals surface area contributed by atoms with Gasteiger partial charge in [0.1, 0.15) is 12.6 Å². The largest absolute Gasteiger partial charge is 0.303 e. The number of rotatable bonds is 8. The van der Waals surface area contributed by atoms with E-state index in [1.54, 1.807) is 0 Å². The first-order valence-corrected chi connectivity index (χ1v) is 13.1. The monoisotopic (exact) mass is 436 g/mol. The Labute approximate surface area is 173 Å². The van der Waals surface area contributed by atoms with Crippen LogP contribution in [0.4, 0.5) is 0 Å². The van der Waals surface area contributed by atoms with E-state index in [0.717, 1.165) is 49.8 Å². The molecule has 0 aromatic carbocycles. The van der Waals surface area contributed by atoms with Crippen LogP contribution < -0.4 is 0 Å². The normalized spacial score (nSPS) is 24.0. The summed E-state index contributed by atoms with van der Waals surface area (Å²) >= 11 is 6.29. The minimum atomic E-state index is 0.193. The van der Waals surface area contributed by atoms with Gasteiger partial charge in [-0.1, -0.05) is 23.5 Å². The van der Waals surface area contributed by atoms with Crippen molar-refractivity contribution in [2.24, 2.45) is 0 Å². The summed E-state index contributed by atoms with van der Waals surface area (Å²) in [4.78, 5) is 45.3. The zero-order valence-electron chi connectivity index (χ0n) is 15.1. The number of carbonyl (C=O) groups is 4. The van der Waals surface area contributed by atoms with Crippen molar-refractivity contribution < 1.29 is 19.2 Å². The maximum absolute atomic E-state index is 12.1. The third-order valence-corrected chi connectivity index (χ3v) is 8.82. The summed E-state index contributed by atoms with van der Waals surface area (Å²) in [5.41, 5.74) is 0. The van der Waals surface area contributed by atoms with Gasteiger partial charge in [0.05, 0.1) is 0 Å². The van der Waals surface area contributed by atoms with Crippen LogP contribution in [0.25, 0.3) is 0 Å². The molecule has 0 bridgehead atoms. The van der Waals surface area contributed by atoms with E-state index >= 15 is 0 Å². The molecular weight excluding hydrogens is 408 g/mol. The first kappa shape index (κ1) is 24.1. The van der Waals surface area contributed by atoms with Crippen LogP contribution in [0.2, 0.25) is 0 Å². The predicted octanol–water partition coefficient (Wildman–Crippen LogP) is 4.24. The lowest BCUT2D eigenvalue weighted by atomic mass is 10.1. The molecule has 2 unspecified atom stereocenters. The van der Waals surface area contributed by atoms with E-state index in [2.05, 4.69) is 0 Å². The first-order chi connectivity index (χ1) is 12.7. The molecule has 0 aromatic rings. The summed E-state index contributed by atoms with van der Waals surface area (Å²) in [6.45, 7) is 0. The second-order valence-electron chi connectivity index (χ2n) is 6.03. The average Bonchev–Trinajstić information content (AvgIpc) is 2.61. The molecule has 0 saturated carbocycles. The average molecular weight is 437 g/mol. The van der Waals surface area contributed by atoms with Gasteiger partial charge in [-0.25, -0.2) is 0 Å². The van der Waals surface area contributed by atoms with E-state index in [1.165, 1.54) is 23.5 Å². The van der Waals surface area contributed by atoms with Crippen LogP contribution in [0.3, 0.4) is 0 Å². The molecule has 0 amide bonds. The van der Waals surface area contributed by atoms with Gasteiger partial charge in [-0.05, 0) is 25.7 Å². The van der Waals surface area contributed by atoms with Crippen molar-refractivity contribution >= 4 is 69.9 Å². The highest BCUT2D eigenvalue weighted by Gasteiger charge is 2.18. The van der Waals surface area contributed by atoms with Gasteiger partial charge in [0.2, 0.25) is 0 Å². The second kappa shape index (κ2) is 16.1. The van der Waals surface area contributed by atoms with Crippen molar-refractivity contribution in [1.82, 2.24) is 0 Å². The zero-order chi connectivity index (χ0) is 19.0. The highest BCUT2D eigenvalue weighted by atomic mass is 32.2. The molecule has 1 aliphatic heterocycles. The van der Waals surface area contributed by atoms with Gasteiger partial charge in [0.15, 0.2) is 10.2 Å².